The van der Waals surface area contributed by atoms with E-state index in [1.807, 2.05) is 6.92 Å². The fraction of sp³-hybridized carbons (Fsp3) is 0.750. The van der Waals surface area contributed by atoms with Crippen LogP contribution in [0.4, 0.5) is 0 Å². The summed E-state index contributed by atoms with van der Waals surface area (Å²) in [6.45, 7) is 3.02. The lowest BCUT2D eigenvalue weighted by molar-refractivity contribution is -0.145. The van der Waals surface area contributed by atoms with Crippen LogP contribution < -0.4 is 0 Å². The monoisotopic (exact) mass is 171 g/mol. The molecule has 0 aromatic heterocycles. The van der Waals surface area contributed by atoms with Crippen molar-refractivity contribution in [1.82, 2.24) is 4.90 Å². The summed E-state index contributed by atoms with van der Waals surface area (Å²) >= 11 is 0. The van der Waals surface area contributed by atoms with Gasteiger partial charge in [0.25, 0.3) is 0 Å². The molecule has 2 unspecified atom stereocenters. The van der Waals surface area contributed by atoms with Gasteiger partial charge < -0.3 is 10.0 Å². The van der Waals surface area contributed by atoms with E-state index in [1.165, 1.54) is 4.90 Å². The molecule has 0 aromatic carbocycles. The summed E-state index contributed by atoms with van der Waals surface area (Å²) in [5.74, 6) is -0.877. The lowest BCUT2D eigenvalue weighted by Crippen LogP contribution is -2.41. The number of aliphatic carboxylic acids is 1. The number of amides is 1. The summed E-state index contributed by atoms with van der Waals surface area (Å²) in [6.07, 6.45) is 1.41. The SMILES string of the molecule is CC1CC(C(=O)O)CN(C=O)C1. The molecule has 1 rings (SSSR count). The van der Waals surface area contributed by atoms with Crippen LogP contribution in [-0.4, -0.2) is 35.5 Å². The zero-order valence-electron chi connectivity index (χ0n) is 7.06. The van der Waals surface area contributed by atoms with Gasteiger partial charge in [-0.05, 0) is 12.3 Å². The molecule has 1 aliphatic rings. The zero-order valence-corrected chi connectivity index (χ0v) is 7.06. The van der Waals surface area contributed by atoms with Crippen molar-refractivity contribution < 1.29 is 14.7 Å². The van der Waals surface area contributed by atoms with Gasteiger partial charge in [0, 0.05) is 13.1 Å². The van der Waals surface area contributed by atoms with Crippen LogP contribution in [0.2, 0.25) is 0 Å². The highest BCUT2D eigenvalue weighted by molar-refractivity contribution is 5.71. The highest BCUT2D eigenvalue weighted by Gasteiger charge is 2.28. The van der Waals surface area contributed by atoms with Gasteiger partial charge in [-0.3, -0.25) is 9.59 Å². The third kappa shape index (κ3) is 1.96. The summed E-state index contributed by atoms with van der Waals surface area (Å²) in [4.78, 5) is 22.6. The van der Waals surface area contributed by atoms with Crippen LogP contribution in [-0.2, 0) is 9.59 Å². The van der Waals surface area contributed by atoms with E-state index in [2.05, 4.69) is 0 Å². The Bertz CT molecular complexity index is 193. The third-order valence-corrected chi connectivity index (χ3v) is 2.19. The van der Waals surface area contributed by atoms with Crippen molar-refractivity contribution in [3.63, 3.8) is 0 Å². The lowest BCUT2D eigenvalue weighted by atomic mass is 9.91. The molecule has 0 aromatic rings. The predicted molar refractivity (Wildman–Crippen MR) is 42.5 cm³/mol. The quantitative estimate of drug-likeness (QED) is 0.603. The Labute approximate surface area is 71.2 Å². The van der Waals surface area contributed by atoms with Gasteiger partial charge in [-0.1, -0.05) is 6.92 Å². The Kier molecular flexibility index (Phi) is 2.68. The standard InChI is InChI=1S/C8H13NO3/c1-6-2-7(8(11)12)4-9(3-6)5-10/h5-7H,2-4H2,1H3,(H,11,12). The first-order valence-electron chi connectivity index (χ1n) is 4.05. The molecule has 2 atom stereocenters. The fourth-order valence-electron chi connectivity index (χ4n) is 1.66. The molecule has 0 bridgehead atoms. The average molecular weight is 171 g/mol. The summed E-state index contributed by atoms with van der Waals surface area (Å²) in [6, 6.07) is 0. The Morgan fingerprint density at radius 3 is 2.75 bits per heavy atom. The topological polar surface area (TPSA) is 57.6 Å². The van der Waals surface area contributed by atoms with Crippen LogP contribution in [0.15, 0.2) is 0 Å². The molecule has 4 nitrogen and oxygen atoms in total. The molecular weight excluding hydrogens is 158 g/mol. The lowest BCUT2D eigenvalue weighted by Gasteiger charge is -2.31. The van der Waals surface area contributed by atoms with E-state index in [1.54, 1.807) is 0 Å². The number of carbonyl (C=O) groups excluding carboxylic acids is 1. The summed E-state index contributed by atoms with van der Waals surface area (Å²) < 4.78 is 0. The molecule has 1 N–H and O–H groups in total. The molecule has 1 saturated heterocycles. The minimum absolute atomic E-state index is 0.296. The molecule has 0 saturated carbocycles. The molecule has 1 aliphatic heterocycles. The first kappa shape index (κ1) is 9.03. The van der Waals surface area contributed by atoms with E-state index >= 15 is 0 Å². The maximum Gasteiger partial charge on any atom is 0.308 e. The predicted octanol–water partition coefficient (Wildman–Crippen LogP) is 0.185. The number of carboxylic acids is 1. The first-order chi connectivity index (χ1) is 5.63. The van der Waals surface area contributed by atoms with Crippen LogP contribution in [0.1, 0.15) is 13.3 Å². The third-order valence-electron chi connectivity index (χ3n) is 2.19. The number of likely N-dealkylation sites (tertiary alicyclic amines) is 1. The molecule has 1 heterocycles. The number of piperidine rings is 1. The Balaban J connectivity index is 2.56. The van der Waals surface area contributed by atoms with Crippen LogP contribution >= 0.6 is 0 Å². The van der Waals surface area contributed by atoms with Gasteiger partial charge in [0.05, 0.1) is 5.92 Å². The molecule has 0 radical (unpaired) electrons. The van der Waals surface area contributed by atoms with Crippen molar-refractivity contribution in [2.45, 2.75) is 13.3 Å². The number of hydrogen-bond donors (Lipinski definition) is 1. The largest absolute Gasteiger partial charge is 0.481 e. The number of hydrogen-bond acceptors (Lipinski definition) is 2. The Hall–Kier alpha value is -1.06. The molecule has 68 valence electrons. The second kappa shape index (κ2) is 3.56. The van der Waals surface area contributed by atoms with Crippen molar-refractivity contribution >= 4 is 12.4 Å². The number of carbonyl (C=O) groups is 2. The van der Waals surface area contributed by atoms with Crippen LogP contribution in [0.25, 0.3) is 0 Å². The average Bonchev–Trinajstić information content (AvgIpc) is 2.03. The molecular formula is C8H13NO3. The maximum absolute atomic E-state index is 10.6. The van der Waals surface area contributed by atoms with Gasteiger partial charge in [0.2, 0.25) is 6.41 Å². The van der Waals surface area contributed by atoms with Crippen molar-refractivity contribution in [3.8, 4) is 0 Å². The molecule has 1 fully saturated rings. The number of nitrogens with zero attached hydrogens (tertiary/aromatic N) is 1. The van der Waals surface area contributed by atoms with E-state index < -0.39 is 5.97 Å². The van der Waals surface area contributed by atoms with Crippen molar-refractivity contribution in [2.75, 3.05) is 13.1 Å². The van der Waals surface area contributed by atoms with E-state index in [-0.39, 0.29) is 5.92 Å². The van der Waals surface area contributed by atoms with E-state index in [4.69, 9.17) is 5.11 Å². The summed E-state index contributed by atoms with van der Waals surface area (Å²) in [7, 11) is 0. The fourth-order valence-corrected chi connectivity index (χ4v) is 1.66. The first-order valence-corrected chi connectivity index (χ1v) is 4.05. The van der Waals surface area contributed by atoms with E-state index in [0.29, 0.717) is 25.4 Å². The molecule has 12 heavy (non-hydrogen) atoms. The highest BCUT2D eigenvalue weighted by atomic mass is 16.4. The normalized spacial score (nSPS) is 29.9. The van der Waals surface area contributed by atoms with Crippen molar-refractivity contribution in [1.29, 1.82) is 0 Å². The molecule has 1 amide bonds. The number of rotatable bonds is 2. The van der Waals surface area contributed by atoms with Gasteiger partial charge in [0.1, 0.15) is 0 Å². The van der Waals surface area contributed by atoms with E-state index in [0.717, 1.165) is 6.41 Å². The van der Waals surface area contributed by atoms with Gasteiger partial charge in [0.15, 0.2) is 0 Å². The number of carboxylic acid groups (broad SMARTS) is 1. The minimum atomic E-state index is -0.798. The molecule has 0 spiro atoms. The Morgan fingerprint density at radius 1 is 1.58 bits per heavy atom. The van der Waals surface area contributed by atoms with Gasteiger partial charge in [-0.2, -0.15) is 0 Å². The van der Waals surface area contributed by atoms with E-state index in [9.17, 15) is 9.59 Å². The second-order valence-electron chi connectivity index (χ2n) is 3.44. The van der Waals surface area contributed by atoms with Gasteiger partial charge >= 0.3 is 5.97 Å². The second-order valence-corrected chi connectivity index (χ2v) is 3.44. The molecule has 0 aliphatic carbocycles. The zero-order chi connectivity index (χ0) is 9.14. The highest BCUT2D eigenvalue weighted by Crippen LogP contribution is 2.20. The Morgan fingerprint density at radius 2 is 2.25 bits per heavy atom. The smallest absolute Gasteiger partial charge is 0.308 e. The minimum Gasteiger partial charge on any atom is -0.481 e. The summed E-state index contributed by atoms with van der Waals surface area (Å²) in [5.41, 5.74) is 0. The van der Waals surface area contributed by atoms with Crippen LogP contribution in [0, 0.1) is 11.8 Å². The van der Waals surface area contributed by atoms with Crippen LogP contribution in [0.3, 0.4) is 0 Å². The summed E-state index contributed by atoms with van der Waals surface area (Å²) in [5, 5.41) is 8.73. The van der Waals surface area contributed by atoms with Crippen molar-refractivity contribution in [2.24, 2.45) is 11.8 Å². The van der Waals surface area contributed by atoms with Crippen LogP contribution in [0.5, 0.6) is 0 Å². The van der Waals surface area contributed by atoms with Gasteiger partial charge in [-0.25, -0.2) is 0 Å². The van der Waals surface area contributed by atoms with Gasteiger partial charge in [-0.15, -0.1) is 0 Å². The maximum atomic E-state index is 10.6. The van der Waals surface area contributed by atoms with Crippen molar-refractivity contribution in [3.05, 3.63) is 0 Å². The molecule has 4 heteroatoms.